The Morgan fingerprint density at radius 3 is 2.67 bits per heavy atom. The molecule has 0 radical (unpaired) electrons. The lowest BCUT2D eigenvalue weighted by Gasteiger charge is -2.03. The Morgan fingerprint density at radius 1 is 1.53 bits per heavy atom. The molecule has 0 amide bonds. The van der Waals surface area contributed by atoms with Gasteiger partial charge in [0.25, 0.3) is 0 Å². The van der Waals surface area contributed by atoms with E-state index in [1.165, 1.54) is 11.8 Å². The fraction of sp³-hybridized carbons (Fsp3) is 0.625. The van der Waals surface area contributed by atoms with Gasteiger partial charge in [-0.2, -0.15) is 11.8 Å². The van der Waals surface area contributed by atoms with E-state index in [-0.39, 0.29) is 19.0 Å². The molecule has 15 heavy (non-hydrogen) atoms. The van der Waals surface area contributed by atoms with Gasteiger partial charge < -0.3 is 14.9 Å². The maximum Gasteiger partial charge on any atom is 0.364 e. The highest BCUT2D eigenvalue weighted by molar-refractivity contribution is 7.99. The zero-order valence-electron chi connectivity index (χ0n) is 8.30. The molecule has 0 saturated carbocycles. The molecule has 0 aromatic carbocycles. The van der Waals surface area contributed by atoms with Gasteiger partial charge in [0.15, 0.2) is 0 Å². The number of aliphatic hydroxyl groups excluding tert-OH is 2. The molecule has 0 spiro atoms. The number of thioether (sulfide) groups is 1. The molecule has 0 bridgehead atoms. The monoisotopic (exact) mass is 235 g/mol. The topological polar surface area (TPSA) is 96.2 Å². The molecule has 0 rings (SSSR count). The Balaban J connectivity index is 4.38. The number of aliphatic hydroxyl groups is 2. The van der Waals surface area contributed by atoms with E-state index >= 15 is 0 Å². The summed E-state index contributed by atoms with van der Waals surface area (Å²) in [4.78, 5) is 21.3. The predicted molar refractivity (Wildman–Crippen MR) is 56.5 cm³/mol. The van der Waals surface area contributed by atoms with Gasteiger partial charge in [-0.15, -0.1) is 4.91 Å². The Labute approximate surface area is 91.3 Å². The van der Waals surface area contributed by atoms with Crippen LogP contribution in [0, 0.1) is 4.91 Å². The van der Waals surface area contributed by atoms with Crippen LogP contribution in [0.4, 0.5) is 0 Å². The van der Waals surface area contributed by atoms with E-state index in [0.29, 0.717) is 5.75 Å². The van der Waals surface area contributed by atoms with Crippen LogP contribution >= 0.6 is 11.8 Å². The summed E-state index contributed by atoms with van der Waals surface area (Å²) in [5.74, 6) is -0.920. The summed E-state index contributed by atoms with van der Waals surface area (Å²) in [6, 6.07) is 0. The summed E-state index contributed by atoms with van der Waals surface area (Å²) < 4.78 is 4.51. The number of carbonyl (C=O) groups is 1. The number of esters is 1. The van der Waals surface area contributed by atoms with Gasteiger partial charge in [-0.25, -0.2) is 4.79 Å². The summed E-state index contributed by atoms with van der Waals surface area (Å²) in [5.41, 5.74) is -0.609. The van der Waals surface area contributed by atoms with Crippen LogP contribution in [0.5, 0.6) is 0 Å². The van der Waals surface area contributed by atoms with Crippen LogP contribution in [0.3, 0.4) is 0 Å². The molecule has 6 nitrogen and oxygen atoms in total. The zero-order chi connectivity index (χ0) is 11.7. The molecule has 0 unspecified atom stereocenters. The quantitative estimate of drug-likeness (QED) is 0.223. The molecule has 0 aromatic rings. The van der Waals surface area contributed by atoms with Crippen LogP contribution in [0.1, 0.15) is 6.92 Å². The molecule has 0 saturated heterocycles. The highest BCUT2D eigenvalue weighted by Crippen LogP contribution is 2.12. The Kier molecular flexibility index (Phi) is 7.65. The highest BCUT2D eigenvalue weighted by Gasteiger charge is 2.17. The molecule has 0 atom stereocenters. The van der Waals surface area contributed by atoms with E-state index in [4.69, 9.17) is 5.11 Å². The van der Waals surface area contributed by atoms with Crippen molar-refractivity contribution in [1.82, 2.24) is 0 Å². The van der Waals surface area contributed by atoms with Gasteiger partial charge in [-0.05, 0) is 12.1 Å². The first kappa shape index (κ1) is 13.9. The van der Waals surface area contributed by atoms with Crippen molar-refractivity contribution in [3.05, 3.63) is 16.4 Å². The largest absolute Gasteiger partial charge is 0.509 e. The third-order valence-electron chi connectivity index (χ3n) is 1.31. The first-order valence-electron chi connectivity index (χ1n) is 4.28. The second-order valence-electron chi connectivity index (χ2n) is 2.38. The van der Waals surface area contributed by atoms with E-state index < -0.39 is 17.4 Å². The maximum absolute atomic E-state index is 11.1. The highest BCUT2D eigenvalue weighted by atomic mass is 32.2. The molecule has 0 aliphatic heterocycles. The van der Waals surface area contributed by atoms with Crippen molar-refractivity contribution < 1.29 is 19.7 Å². The lowest BCUT2D eigenvalue weighted by molar-refractivity contribution is -0.138. The molecule has 0 aliphatic rings. The average molecular weight is 235 g/mol. The van der Waals surface area contributed by atoms with Crippen molar-refractivity contribution in [3.63, 3.8) is 0 Å². The number of hydrogen-bond donors (Lipinski definition) is 2. The fourth-order valence-electron chi connectivity index (χ4n) is 0.709. The standard InChI is InChI=1S/C8H13NO5S/c1-2-14-8(12)7(9-13)6(11)5-15-4-3-10/h10-11H,2-5H2,1H3. The van der Waals surface area contributed by atoms with E-state index in [0.717, 1.165) is 0 Å². The SMILES string of the molecule is CCOC(=O)C(N=O)=C(O)CSCCO. The number of rotatable bonds is 7. The Hall–Kier alpha value is -1.08. The van der Waals surface area contributed by atoms with Crippen molar-refractivity contribution in [3.8, 4) is 0 Å². The van der Waals surface area contributed by atoms with Crippen molar-refractivity contribution in [1.29, 1.82) is 0 Å². The van der Waals surface area contributed by atoms with E-state index in [1.807, 2.05) is 0 Å². The molecule has 7 heteroatoms. The van der Waals surface area contributed by atoms with Gasteiger partial charge in [0.05, 0.1) is 19.0 Å². The van der Waals surface area contributed by atoms with Crippen LogP contribution in [-0.4, -0.2) is 40.9 Å². The lowest BCUT2D eigenvalue weighted by Crippen LogP contribution is -2.09. The molecule has 0 aliphatic carbocycles. The number of nitrogens with zero attached hydrogens (tertiary/aromatic N) is 1. The van der Waals surface area contributed by atoms with Crippen molar-refractivity contribution in [2.75, 3.05) is 24.7 Å². The van der Waals surface area contributed by atoms with Crippen LogP contribution in [-0.2, 0) is 9.53 Å². The molecular weight excluding hydrogens is 222 g/mol. The zero-order valence-corrected chi connectivity index (χ0v) is 9.12. The van der Waals surface area contributed by atoms with Crippen LogP contribution in [0.15, 0.2) is 16.6 Å². The minimum Gasteiger partial charge on any atom is -0.509 e. The van der Waals surface area contributed by atoms with Gasteiger partial charge >= 0.3 is 5.97 Å². The van der Waals surface area contributed by atoms with E-state index in [1.54, 1.807) is 6.92 Å². The number of carbonyl (C=O) groups excluding carboxylic acids is 1. The minimum atomic E-state index is -0.936. The van der Waals surface area contributed by atoms with Gasteiger partial charge in [-0.3, -0.25) is 0 Å². The molecule has 0 aromatic heterocycles. The molecule has 0 heterocycles. The third kappa shape index (κ3) is 5.38. The summed E-state index contributed by atoms with van der Waals surface area (Å²) in [7, 11) is 0. The molecular formula is C8H13NO5S. The normalized spacial score (nSPS) is 11.9. The van der Waals surface area contributed by atoms with Crippen molar-refractivity contribution in [2.24, 2.45) is 5.18 Å². The van der Waals surface area contributed by atoms with Crippen molar-refractivity contribution >= 4 is 17.7 Å². The van der Waals surface area contributed by atoms with Crippen molar-refractivity contribution in [2.45, 2.75) is 6.92 Å². The molecule has 2 N–H and O–H groups in total. The third-order valence-corrected chi connectivity index (χ3v) is 2.26. The fourth-order valence-corrected chi connectivity index (χ4v) is 1.31. The van der Waals surface area contributed by atoms with Gasteiger partial charge in [0, 0.05) is 5.75 Å². The summed E-state index contributed by atoms with van der Waals surface area (Å²) in [6.45, 7) is 1.65. The predicted octanol–water partition coefficient (Wildman–Crippen LogP) is 0.811. The summed E-state index contributed by atoms with van der Waals surface area (Å²) in [5, 5.41) is 20.2. The second kappa shape index (κ2) is 8.25. The van der Waals surface area contributed by atoms with E-state index in [2.05, 4.69) is 9.91 Å². The summed E-state index contributed by atoms with van der Waals surface area (Å²) in [6.07, 6.45) is 0. The van der Waals surface area contributed by atoms with Crippen LogP contribution < -0.4 is 0 Å². The number of ether oxygens (including phenoxy) is 1. The summed E-state index contributed by atoms with van der Waals surface area (Å²) >= 11 is 1.18. The van der Waals surface area contributed by atoms with Gasteiger partial charge in [-0.1, -0.05) is 0 Å². The van der Waals surface area contributed by atoms with Gasteiger partial charge in [0.1, 0.15) is 5.76 Å². The Bertz CT molecular complexity index is 253. The molecule has 86 valence electrons. The van der Waals surface area contributed by atoms with Gasteiger partial charge in [0.2, 0.25) is 5.70 Å². The maximum atomic E-state index is 11.1. The van der Waals surface area contributed by atoms with Crippen LogP contribution in [0.2, 0.25) is 0 Å². The first-order valence-corrected chi connectivity index (χ1v) is 5.44. The number of hydrogen-bond acceptors (Lipinski definition) is 7. The van der Waals surface area contributed by atoms with E-state index in [9.17, 15) is 14.8 Å². The average Bonchev–Trinajstić information content (AvgIpc) is 2.19. The minimum absolute atomic E-state index is 0.0405. The lowest BCUT2D eigenvalue weighted by atomic mass is 10.4. The van der Waals surface area contributed by atoms with Crippen LogP contribution in [0.25, 0.3) is 0 Å². The number of nitroso groups, excluding NO2 is 1. The Morgan fingerprint density at radius 2 is 2.20 bits per heavy atom. The smallest absolute Gasteiger partial charge is 0.364 e. The first-order chi connectivity index (χ1) is 7.17. The second-order valence-corrected chi connectivity index (χ2v) is 3.49. The molecule has 0 fully saturated rings.